The number of hydrogen-bond acceptors (Lipinski definition) is 3. The zero-order valence-corrected chi connectivity index (χ0v) is 12.8. The quantitative estimate of drug-likeness (QED) is 0.730. The Hall–Kier alpha value is -3.47. The predicted molar refractivity (Wildman–Crippen MR) is 91.0 cm³/mol. The van der Waals surface area contributed by atoms with Crippen LogP contribution in [0.3, 0.4) is 0 Å². The molecule has 0 aliphatic carbocycles. The van der Waals surface area contributed by atoms with E-state index in [1.165, 1.54) is 6.20 Å². The van der Waals surface area contributed by atoms with Gasteiger partial charge in [-0.15, -0.1) is 0 Å². The molecule has 0 fully saturated rings. The topological polar surface area (TPSA) is 71.1 Å². The minimum atomic E-state index is -0.419. The van der Waals surface area contributed by atoms with Crippen LogP contribution in [0.4, 0.5) is 0 Å². The molecule has 2 amide bonds. The minimum Gasteiger partial charge on any atom is -0.267 e. The number of benzene rings is 2. The number of nitrogens with zero attached hydrogens (tertiary/aromatic N) is 1. The summed E-state index contributed by atoms with van der Waals surface area (Å²) in [5.41, 5.74) is 7.69. The Morgan fingerprint density at radius 1 is 0.667 bits per heavy atom. The van der Waals surface area contributed by atoms with Crippen molar-refractivity contribution in [2.24, 2.45) is 0 Å². The fourth-order valence-electron chi connectivity index (χ4n) is 2.20. The van der Waals surface area contributed by atoms with E-state index in [2.05, 4.69) is 15.8 Å². The molecule has 2 aromatic carbocycles. The molecule has 0 aliphatic heterocycles. The van der Waals surface area contributed by atoms with Gasteiger partial charge in [0.1, 0.15) is 0 Å². The Morgan fingerprint density at radius 3 is 1.92 bits per heavy atom. The number of carbonyl (C=O) groups excluding carboxylic acids is 2. The zero-order chi connectivity index (χ0) is 16.8. The lowest BCUT2D eigenvalue weighted by atomic mass is 10.0. The summed E-state index contributed by atoms with van der Waals surface area (Å²) in [7, 11) is 0. The van der Waals surface area contributed by atoms with Gasteiger partial charge in [0.05, 0.1) is 5.56 Å². The van der Waals surface area contributed by atoms with Crippen LogP contribution in [0.25, 0.3) is 11.1 Å². The molecule has 0 unspecified atom stereocenters. The molecule has 5 heteroatoms. The number of hydrazine groups is 1. The van der Waals surface area contributed by atoms with Crippen molar-refractivity contribution in [2.75, 3.05) is 0 Å². The van der Waals surface area contributed by atoms with Crippen LogP contribution in [-0.4, -0.2) is 16.8 Å². The third-order valence-corrected chi connectivity index (χ3v) is 3.47. The molecule has 0 saturated heterocycles. The number of pyridine rings is 1. The van der Waals surface area contributed by atoms with Crippen LogP contribution >= 0.6 is 0 Å². The molecule has 3 aromatic rings. The van der Waals surface area contributed by atoms with Crippen LogP contribution in [0.1, 0.15) is 20.7 Å². The van der Waals surface area contributed by atoms with E-state index >= 15 is 0 Å². The Balaban J connectivity index is 1.62. The average Bonchev–Trinajstić information content (AvgIpc) is 2.67. The molecule has 0 aliphatic rings. The molecule has 118 valence electrons. The van der Waals surface area contributed by atoms with Crippen molar-refractivity contribution < 1.29 is 9.59 Å². The van der Waals surface area contributed by atoms with Gasteiger partial charge in [0.2, 0.25) is 0 Å². The summed E-state index contributed by atoms with van der Waals surface area (Å²) in [6.07, 6.45) is 3.00. The molecule has 5 nitrogen and oxygen atoms in total. The van der Waals surface area contributed by atoms with Crippen LogP contribution in [-0.2, 0) is 0 Å². The monoisotopic (exact) mass is 317 g/mol. The number of aromatic nitrogens is 1. The largest absolute Gasteiger partial charge is 0.271 e. The van der Waals surface area contributed by atoms with Gasteiger partial charge in [-0.05, 0) is 35.4 Å². The molecule has 0 radical (unpaired) electrons. The highest BCUT2D eigenvalue weighted by Crippen LogP contribution is 2.19. The second-order valence-corrected chi connectivity index (χ2v) is 5.09. The first kappa shape index (κ1) is 15.4. The molecule has 1 aromatic heterocycles. The highest BCUT2D eigenvalue weighted by Gasteiger charge is 2.09. The molecule has 0 atom stereocenters. The molecular formula is C19H15N3O2. The van der Waals surface area contributed by atoms with E-state index in [4.69, 9.17) is 0 Å². The molecule has 2 N–H and O–H groups in total. The lowest BCUT2D eigenvalue weighted by molar-refractivity contribution is 0.0846. The van der Waals surface area contributed by atoms with E-state index < -0.39 is 5.91 Å². The van der Waals surface area contributed by atoms with Gasteiger partial charge in [-0.25, -0.2) is 0 Å². The number of hydrogen-bond donors (Lipinski definition) is 2. The molecule has 24 heavy (non-hydrogen) atoms. The lowest BCUT2D eigenvalue weighted by Gasteiger charge is -2.08. The van der Waals surface area contributed by atoms with Crippen LogP contribution in [0.5, 0.6) is 0 Å². The summed E-state index contributed by atoms with van der Waals surface area (Å²) in [6.45, 7) is 0. The highest BCUT2D eigenvalue weighted by molar-refractivity contribution is 5.99. The van der Waals surface area contributed by atoms with Crippen molar-refractivity contribution in [2.45, 2.75) is 0 Å². The molecule has 0 spiro atoms. The molecule has 1 heterocycles. The molecule has 0 saturated carbocycles. The standard InChI is InChI=1S/C19H15N3O2/c23-18(21-22-19(24)17-7-4-12-20-13-17)16-10-8-15(9-11-16)14-5-2-1-3-6-14/h1-13H,(H,21,23)(H,22,24). The summed E-state index contributed by atoms with van der Waals surface area (Å²) in [5, 5.41) is 0. The van der Waals surface area contributed by atoms with Crippen LogP contribution < -0.4 is 10.9 Å². The summed E-state index contributed by atoms with van der Waals surface area (Å²) in [5.74, 6) is -0.802. The van der Waals surface area contributed by atoms with Crippen LogP contribution in [0.15, 0.2) is 79.1 Å². The first-order valence-corrected chi connectivity index (χ1v) is 7.40. The van der Waals surface area contributed by atoms with Crippen molar-refractivity contribution in [3.05, 3.63) is 90.3 Å². The number of nitrogens with one attached hydrogen (secondary N) is 2. The smallest absolute Gasteiger partial charge is 0.267 e. The Bertz CT molecular complexity index is 832. The normalized spacial score (nSPS) is 10.0. The Kier molecular flexibility index (Phi) is 4.62. The van der Waals surface area contributed by atoms with E-state index in [1.54, 1.807) is 30.5 Å². The van der Waals surface area contributed by atoms with Crippen molar-refractivity contribution >= 4 is 11.8 Å². The van der Waals surface area contributed by atoms with Gasteiger partial charge in [0, 0.05) is 18.0 Å². The van der Waals surface area contributed by atoms with E-state index in [-0.39, 0.29) is 5.91 Å². The average molecular weight is 317 g/mol. The zero-order valence-electron chi connectivity index (χ0n) is 12.8. The maximum atomic E-state index is 12.1. The van der Waals surface area contributed by atoms with Gasteiger partial charge in [0.25, 0.3) is 11.8 Å². The number of carbonyl (C=O) groups is 2. The van der Waals surface area contributed by atoms with E-state index in [9.17, 15) is 9.59 Å². The van der Waals surface area contributed by atoms with Crippen molar-refractivity contribution in [3.8, 4) is 11.1 Å². The fraction of sp³-hybridized carbons (Fsp3) is 0. The Labute approximate surface area is 139 Å². The molecule has 0 bridgehead atoms. The summed E-state index contributed by atoms with van der Waals surface area (Å²) < 4.78 is 0. The summed E-state index contributed by atoms with van der Waals surface area (Å²) in [4.78, 5) is 27.8. The highest BCUT2D eigenvalue weighted by atomic mass is 16.2. The van der Waals surface area contributed by atoms with Crippen molar-refractivity contribution in [1.82, 2.24) is 15.8 Å². The second kappa shape index (κ2) is 7.19. The summed E-state index contributed by atoms with van der Waals surface area (Å²) >= 11 is 0. The third-order valence-electron chi connectivity index (χ3n) is 3.47. The van der Waals surface area contributed by atoms with Gasteiger partial charge < -0.3 is 0 Å². The van der Waals surface area contributed by atoms with E-state index in [1.807, 2.05) is 42.5 Å². The molecular weight excluding hydrogens is 302 g/mol. The fourth-order valence-corrected chi connectivity index (χ4v) is 2.20. The number of rotatable bonds is 3. The van der Waals surface area contributed by atoms with Gasteiger partial charge in [-0.1, -0.05) is 42.5 Å². The number of amides is 2. The third kappa shape index (κ3) is 3.64. The van der Waals surface area contributed by atoms with Gasteiger partial charge >= 0.3 is 0 Å². The van der Waals surface area contributed by atoms with E-state index in [0.717, 1.165) is 11.1 Å². The molecule has 3 rings (SSSR count). The minimum absolute atomic E-state index is 0.372. The second-order valence-electron chi connectivity index (χ2n) is 5.09. The van der Waals surface area contributed by atoms with Gasteiger partial charge in [-0.3, -0.25) is 25.4 Å². The van der Waals surface area contributed by atoms with E-state index in [0.29, 0.717) is 11.1 Å². The SMILES string of the molecule is O=C(NNC(=O)c1cccnc1)c1ccc(-c2ccccc2)cc1. The first-order chi connectivity index (χ1) is 11.7. The summed E-state index contributed by atoms with van der Waals surface area (Å²) in [6, 6.07) is 20.3. The van der Waals surface area contributed by atoms with Crippen LogP contribution in [0.2, 0.25) is 0 Å². The predicted octanol–water partition coefficient (Wildman–Crippen LogP) is 2.82. The van der Waals surface area contributed by atoms with Crippen LogP contribution in [0, 0.1) is 0 Å². The maximum absolute atomic E-state index is 12.1. The maximum Gasteiger partial charge on any atom is 0.271 e. The van der Waals surface area contributed by atoms with Crippen molar-refractivity contribution in [3.63, 3.8) is 0 Å². The van der Waals surface area contributed by atoms with Gasteiger partial charge in [0.15, 0.2) is 0 Å². The first-order valence-electron chi connectivity index (χ1n) is 7.40. The van der Waals surface area contributed by atoms with Gasteiger partial charge in [-0.2, -0.15) is 0 Å². The van der Waals surface area contributed by atoms with Crippen molar-refractivity contribution in [1.29, 1.82) is 0 Å². The Morgan fingerprint density at radius 2 is 1.29 bits per heavy atom. The lowest BCUT2D eigenvalue weighted by Crippen LogP contribution is -2.41.